The van der Waals surface area contributed by atoms with Crippen LogP contribution in [0.4, 0.5) is 5.69 Å². The first-order valence-electron chi connectivity index (χ1n) is 8.21. The largest absolute Gasteiger partial charge is 0.481 e. The molecule has 0 aliphatic rings. The van der Waals surface area contributed by atoms with Gasteiger partial charge in [0.25, 0.3) is 5.91 Å². The molecule has 2 amide bonds. The minimum atomic E-state index is -0.794. The highest BCUT2D eigenvalue weighted by molar-refractivity contribution is 5.96. The second-order valence-corrected chi connectivity index (χ2v) is 5.93. The number of hydrogen-bond donors (Lipinski definition) is 2. The van der Waals surface area contributed by atoms with E-state index in [2.05, 4.69) is 10.6 Å². The first-order chi connectivity index (χ1) is 12.4. The molecule has 0 radical (unpaired) electrons. The summed E-state index contributed by atoms with van der Waals surface area (Å²) >= 11 is 0. The van der Waals surface area contributed by atoms with E-state index in [-0.39, 0.29) is 12.5 Å². The van der Waals surface area contributed by atoms with Crippen molar-refractivity contribution in [2.45, 2.75) is 26.9 Å². The Morgan fingerprint density at radius 2 is 1.81 bits per heavy atom. The highest BCUT2D eigenvalue weighted by Crippen LogP contribution is 2.19. The average molecular weight is 351 g/mol. The minimum absolute atomic E-state index is 0.154. The van der Waals surface area contributed by atoms with Gasteiger partial charge >= 0.3 is 0 Å². The number of aryl methyl sites for hydroxylation is 2. The molecule has 0 fully saturated rings. The zero-order valence-corrected chi connectivity index (χ0v) is 15.0. The molecule has 0 aliphatic carbocycles. The van der Waals surface area contributed by atoms with E-state index in [0.29, 0.717) is 11.3 Å². The van der Waals surface area contributed by atoms with E-state index in [1.807, 2.05) is 38.1 Å². The van der Waals surface area contributed by atoms with Crippen molar-refractivity contribution in [2.24, 2.45) is 0 Å². The second kappa shape index (κ2) is 8.67. The summed E-state index contributed by atoms with van der Waals surface area (Å²) in [5, 5.41) is 14.2. The molecule has 0 aromatic heterocycles. The number of nitrogens with one attached hydrogen (secondary N) is 2. The summed E-state index contributed by atoms with van der Waals surface area (Å²) in [6.45, 7) is 5.25. The summed E-state index contributed by atoms with van der Waals surface area (Å²) in [5.74, 6) is -0.301. The molecule has 0 aliphatic heterocycles. The van der Waals surface area contributed by atoms with Crippen LogP contribution in [0, 0.1) is 25.2 Å². The molecule has 2 aromatic carbocycles. The lowest BCUT2D eigenvalue weighted by Gasteiger charge is -2.15. The van der Waals surface area contributed by atoms with E-state index in [1.165, 1.54) is 0 Å². The highest BCUT2D eigenvalue weighted by Gasteiger charge is 2.16. The number of nitriles is 1. The first-order valence-corrected chi connectivity index (χ1v) is 8.21. The van der Waals surface area contributed by atoms with Crippen molar-refractivity contribution in [3.8, 4) is 11.8 Å². The molecule has 0 saturated carbocycles. The molecule has 1 atom stereocenters. The number of amides is 2. The Kier molecular flexibility index (Phi) is 6.34. The van der Waals surface area contributed by atoms with Crippen LogP contribution >= 0.6 is 0 Å². The number of rotatable bonds is 6. The fraction of sp³-hybridized carbons (Fsp3) is 0.250. The summed E-state index contributed by atoms with van der Waals surface area (Å²) in [7, 11) is 0. The quantitative estimate of drug-likeness (QED) is 0.837. The van der Waals surface area contributed by atoms with Gasteiger partial charge in [-0.2, -0.15) is 5.26 Å². The van der Waals surface area contributed by atoms with E-state index in [4.69, 9.17) is 10.00 Å². The van der Waals surface area contributed by atoms with Crippen molar-refractivity contribution in [2.75, 3.05) is 11.9 Å². The van der Waals surface area contributed by atoms with Crippen LogP contribution in [0.1, 0.15) is 23.6 Å². The number of carbonyl (C=O) groups excluding carboxylic acids is 2. The van der Waals surface area contributed by atoms with Gasteiger partial charge in [-0.3, -0.25) is 9.59 Å². The molecule has 134 valence electrons. The van der Waals surface area contributed by atoms with Gasteiger partial charge in [-0.25, -0.2) is 0 Å². The topological polar surface area (TPSA) is 91.2 Å². The number of anilines is 1. The number of hydrogen-bond acceptors (Lipinski definition) is 4. The lowest BCUT2D eigenvalue weighted by molar-refractivity contribution is -0.129. The maximum absolute atomic E-state index is 12.1. The van der Waals surface area contributed by atoms with Gasteiger partial charge in [0.15, 0.2) is 6.10 Å². The molecule has 2 aromatic rings. The normalized spacial score (nSPS) is 11.2. The monoisotopic (exact) mass is 351 g/mol. The van der Waals surface area contributed by atoms with Crippen molar-refractivity contribution in [3.05, 3.63) is 59.2 Å². The van der Waals surface area contributed by atoms with Crippen LogP contribution < -0.4 is 15.4 Å². The molecule has 6 nitrogen and oxygen atoms in total. The van der Waals surface area contributed by atoms with Gasteiger partial charge in [-0.1, -0.05) is 24.3 Å². The molecule has 0 bridgehead atoms. The van der Waals surface area contributed by atoms with Gasteiger partial charge in [0.1, 0.15) is 5.75 Å². The third-order valence-corrected chi connectivity index (χ3v) is 3.81. The van der Waals surface area contributed by atoms with Crippen LogP contribution in [-0.2, 0) is 9.59 Å². The fourth-order valence-corrected chi connectivity index (χ4v) is 2.40. The van der Waals surface area contributed by atoms with Gasteiger partial charge in [0.2, 0.25) is 5.91 Å². The van der Waals surface area contributed by atoms with Gasteiger partial charge in [-0.05, 0) is 50.1 Å². The summed E-state index contributed by atoms with van der Waals surface area (Å²) in [4.78, 5) is 24.2. The molecular formula is C20H21N3O3. The van der Waals surface area contributed by atoms with Crippen LogP contribution in [0.15, 0.2) is 42.5 Å². The smallest absolute Gasteiger partial charge is 0.261 e. The zero-order chi connectivity index (χ0) is 19.1. The van der Waals surface area contributed by atoms with E-state index in [9.17, 15) is 9.59 Å². The maximum atomic E-state index is 12.1. The fourth-order valence-electron chi connectivity index (χ4n) is 2.40. The molecule has 0 spiro atoms. The third kappa shape index (κ3) is 5.08. The number of carbonyl (C=O) groups is 2. The predicted octanol–water partition coefficient (Wildman–Crippen LogP) is 2.70. The maximum Gasteiger partial charge on any atom is 0.261 e. The van der Waals surface area contributed by atoms with E-state index in [0.717, 1.165) is 16.8 Å². The zero-order valence-electron chi connectivity index (χ0n) is 15.0. The van der Waals surface area contributed by atoms with Crippen LogP contribution in [-0.4, -0.2) is 24.5 Å². The standard InChI is InChI=1S/C20H21N3O3/c1-13-6-4-7-14(2)19(13)23-18(24)12-22-20(25)15(3)26-17-9-5-8-16(10-17)11-21/h4-10,15H,12H2,1-3H3,(H,22,25)(H,23,24)/t15-/m0/s1. The Balaban J connectivity index is 1.87. The molecule has 2 rings (SSSR count). The van der Waals surface area contributed by atoms with Crippen molar-refractivity contribution < 1.29 is 14.3 Å². The van der Waals surface area contributed by atoms with Gasteiger partial charge in [0, 0.05) is 5.69 Å². The highest BCUT2D eigenvalue weighted by atomic mass is 16.5. The number of ether oxygens (including phenoxy) is 1. The summed E-state index contributed by atoms with van der Waals surface area (Å²) in [5.41, 5.74) is 3.12. The van der Waals surface area contributed by atoms with Crippen molar-refractivity contribution in [3.63, 3.8) is 0 Å². The second-order valence-electron chi connectivity index (χ2n) is 5.93. The van der Waals surface area contributed by atoms with Crippen molar-refractivity contribution >= 4 is 17.5 Å². The third-order valence-electron chi connectivity index (χ3n) is 3.81. The van der Waals surface area contributed by atoms with Gasteiger partial charge in [-0.15, -0.1) is 0 Å². The van der Waals surface area contributed by atoms with Crippen LogP contribution in [0.2, 0.25) is 0 Å². The summed E-state index contributed by atoms with van der Waals surface area (Å²) in [6.07, 6.45) is -0.794. The lowest BCUT2D eigenvalue weighted by Crippen LogP contribution is -2.40. The van der Waals surface area contributed by atoms with Crippen molar-refractivity contribution in [1.82, 2.24) is 5.32 Å². The van der Waals surface area contributed by atoms with Crippen LogP contribution in [0.5, 0.6) is 5.75 Å². The molecule has 0 heterocycles. The van der Waals surface area contributed by atoms with Crippen LogP contribution in [0.3, 0.4) is 0 Å². The Morgan fingerprint density at radius 3 is 2.46 bits per heavy atom. The minimum Gasteiger partial charge on any atom is -0.481 e. The molecule has 0 unspecified atom stereocenters. The predicted molar refractivity (Wildman–Crippen MR) is 98.8 cm³/mol. The number of para-hydroxylation sites is 1. The van der Waals surface area contributed by atoms with E-state index < -0.39 is 12.0 Å². The SMILES string of the molecule is Cc1cccc(C)c1NC(=O)CNC(=O)[C@H](C)Oc1cccc(C#N)c1. The number of benzene rings is 2. The summed E-state index contributed by atoms with van der Waals surface area (Å²) < 4.78 is 5.51. The Labute approximate surface area is 152 Å². The first kappa shape index (κ1) is 19.0. The van der Waals surface area contributed by atoms with Gasteiger partial charge in [0.05, 0.1) is 18.2 Å². The molecule has 26 heavy (non-hydrogen) atoms. The van der Waals surface area contributed by atoms with E-state index >= 15 is 0 Å². The molecular weight excluding hydrogens is 330 g/mol. The lowest BCUT2D eigenvalue weighted by atomic mass is 10.1. The van der Waals surface area contributed by atoms with Crippen LogP contribution in [0.25, 0.3) is 0 Å². The number of nitrogens with zero attached hydrogens (tertiary/aromatic N) is 1. The molecule has 6 heteroatoms. The Hall–Kier alpha value is -3.33. The average Bonchev–Trinajstić information content (AvgIpc) is 2.63. The van der Waals surface area contributed by atoms with E-state index in [1.54, 1.807) is 31.2 Å². The Bertz CT molecular complexity index is 835. The summed E-state index contributed by atoms with van der Waals surface area (Å²) in [6, 6.07) is 14.3. The van der Waals surface area contributed by atoms with Gasteiger partial charge < -0.3 is 15.4 Å². The molecule has 0 saturated heterocycles. The Morgan fingerprint density at radius 1 is 1.15 bits per heavy atom. The molecule has 2 N–H and O–H groups in total. The van der Waals surface area contributed by atoms with Crippen molar-refractivity contribution in [1.29, 1.82) is 5.26 Å².